The van der Waals surface area contributed by atoms with Gasteiger partial charge in [-0.3, -0.25) is 9.59 Å². The molecule has 144 valence electrons. The van der Waals surface area contributed by atoms with Gasteiger partial charge in [0, 0.05) is 37.1 Å². The van der Waals surface area contributed by atoms with Crippen molar-refractivity contribution in [2.24, 2.45) is 5.41 Å². The second-order valence-electron chi connectivity index (χ2n) is 8.40. The fourth-order valence-electron chi connectivity index (χ4n) is 4.53. The van der Waals surface area contributed by atoms with E-state index in [2.05, 4.69) is 16.0 Å². The molecule has 7 heteroatoms. The number of hydrogen-bond acceptors (Lipinski definition) is 5. The fraction of sp³-hybridized carbons (Fsp3) is 0.476. The molecule has 28 heavy (non-hydrogen) atoms. The summed E-state index contributed by atoms with van der Waals surface area (Å²) in [6.07, 6.45) is 4.27. The molecule has 3 aliphatic rings. The smallest absolute Gasteiger partial charge is 0.268 e. The molecule has 2 aromatic rings. The fourth-order valence-corrected chi connectivity index (χ4v) is 4.53. The standard InChI is InChI=1S/C21H22N4O3/c22-10-16-18(24-7-5-21(3-4-21)6-8-24)15-9-13(1-2-17(15)23-19(16)27)20(28)25-11-14(26)12-25/h1-2,9,14,26H,3-8,11-12H2,(H,23,27). The first-order chi connectivity index (χ1) is 13.5. The Morgan fingerprint density at radius 1 is 1.21 bits per heavy atom. The van der Waals surface area contributed by atoms with Crippen LogP contribution in [0.2, 0.25) is 0 Å². The number of H-pyrrole nitrogens is 1. The van der Waals surface area contributed by atoms with E-state index in [0.717, 1.165) is 31.3 Å². The molecule has 1 spiro atoms. The Balaban J connectivity index is 1.59. The molecule has 0 unspecified atom stereocenters. The van der Waals surface area contributed by atoms with Crippen molar-refractivity contribution < 1.29 is 9.90 Å². The highest BCUT2D eigenvalue weighted by Crippen LogP contribution is 2.54. The Bertz CT molecular complexity index is 1060. The number of anilines is 1. The summed E-state index contributed by atoms with van der Waals surface area (Å²) in [7, 11) is 0. The number of benzene rings is 1. The van der Waals surface area contributed by atoms with E-state index in [1.54, 1.807) is 23.1 Å². The second-order valence-corrected chi connectivity index (χ2v) is 8.40. The summed E-state index contributed by atoms with van der Waals surface area (Å²) in [5.74, 6) is -0.140. The van der Waals surface area contributed by atoms with Gasteiger partial charge < -0.3 is 19.9 Å². The molecule has 0 bridgehead atoms. The number of nitrogens with zero attached hydrogens (tertiary/aromatic N) is 3. The van der Waals surface area contributed by atoms with Crippen LogP contribution in [-0.4, -0.2) is 53.2 Å². The third-order valence-electron chi connectivity index (χ3n) is 6.59. The predicted octanol–water partition coefficient (Wildman–Crippen LogP) is 1.60. The van der Waals surface area contributed by atoms with Gasteiger partial charge in [0.15, 0.2) is 0 Å². The summed E-state index contributed by atoms with van der Waals surface area (Å²) in [5, 5.41) is 19.8. The van der Waals surface area contributed by atoms with Gasteiger partial charge in [-0.15, -0.1) is 0 Å². The molecule has 3 heterocycles. The summed E-state index contributed by atoms with van der Waals surface area (Å²) in [4.78, 5) is 31.7. The third kappa shape index (κ3) is 2.68. The molecule has 3 fully saturated rings. The van der Waals surface area contributed by atoms with Crippen molar-refractivity contribution in [1.82, 2.24) is 9.88 Å². The van der Waals surface area contributed by atoms with Crippen molar-refractivity contribution in [3.63, 3.8) is 0 Å². The van der Waals surface area contributed by atoms with Gasteiger partial charge in [0.05, 0.1) is 17.3 Å². The van der Waals surface area contributed by atoms with Gasteiger partial charge in [0.2, 0.25) is 0 Å². The number of nitriles is 1. The molecule has 7 nitrogen and oxygen atoms in total. The van der Waals surface area contributed by atoms with Gasteiger partial charge in [0.25, 0.3) is 11.5 Å². The van der Waals surface area contributed by atoms with E-state index in [4.69, 9.17) is 0 Å². The minimum absolute atomic E-state index is 0.114. The first kappa shape index (κ1) is 17.3. The van der Waals surface area contributed by atoms with Crippen molar-refractivity contribution in [3.8, 4) is 6.07 Å². The quantitative estimate of drug-likeness (QED) is 0.827. The maximum Gasteiger partial charge on any atom is 0.268 e. The van der Waals surface area contributed by atoms with Crippen LogP contribution in [0.1, 0.15) is 41.6 Å². The van der Waals surface area contributed by atoms with E-state index in [0.29, 0.717) is 35.3 Å². The number of aliphatic hydroxyl groups excluding tert-OH is 1. The predicted molar refractivity (Wildman–Crippen MR) is 104 cm³/mol. The van der Waals surface area contributed by atoms with E-state index < -0.39 is 6.10 Å². The lowest BCUT2D eigenvalue weighted by Gasteiger charge is -2.36. The van der Waals surface area contributed by atoms with Crippen molar-refractivity contribution in [2.75, 3.05) is 31.1 Å². The SMILES string of the molecule is N#Cc1c(N2CCC3(CC2)CC3)c2cc(C(=O)N3CC(O)C3)ccc2[nH]c1=O. The lowest BCUT2D eigenvalue weighted by molar-refractivity contribution is 0.00591. The molecule has 1 saturated carbocycles. The van der Waals surface area contributed by atoms with Crippen LogP contribution in [0.25, 0.3) is 10.9 Å². The highest BCUT2D eigenvalue weighted by Gasteiger charge is 2.44. The minimum atomic E-state index is -0.454. The van der Waals surface area contributed by atoms with Crippen LogP contribution in [0.3, 0.4) is 0 Å². The normalized spacial score (nSPS) is 20.9. The topological polar surface area (TPSA) is 100 Å². The van der Waals surface area contributed by atoms with Crippen LogP contribution in [0, 0.1) is 16.7 Å². The van der Waals surface area contributed by atoms with E-state index in [9.17, 15) is 20.0 Å². The number of piperidine rings is 1. The largest absolute Gasteiger partial charge is 0.389 e. The molecule has 2 N–H and O–H groups in total. The molecule has 2 aliphatic heterocycles. The molecule has 0 radical (unpaired) electrons. The monoisotopic (exact) mass is 378 g/mol. The van der Waals surface area contributed by atoms with Gasteiger partial charge in [-0.25, -0.2) is 0 Å². The van der Waals surface area contributed by atoms with Crippen molar-refractivity contribution in [2.45, 2.75) is 31.8 Å². The average Bonchev–Trinajstić information content (AvgIpc) is 3.43. The Kier molecular flexibility index (Phi) is 3.75. The Hall–Kier alpha value is -2.85. The van der Waals surface area contributed by atoms with Crippen LogP contribution in [0.15, 0.2) is 23.0 Å². The summed E-state index contributed by atoms with van der Waals surface area (Å²) in [6, 6.07) is 7.27. The summed E-state index contributed by atoms with van der Waals surface area (Å²) >= 11 is 0. The van der Waals surface area contributed by atoms with E-state index >= 15 is 0 Å². The van der Waals surface area contributed by atoms with Gasteiger partial charge >= 0.3 is 0 Å². The van der Waals surface area contributed by atoms with Crippen LogP contribution in [0.5, 0.6) is 0 Å². The number of β-amino-alcohol motifs (C(OH)–C–C–N with tert-alkyl or cyclic N) is 1. The van der Waals surface area contributed by atoms with Crippen LogP contribution in [-0.2, 0) is 0 Å². The number of carbonyl (C=O) groups is 1. The lowest BCUT2D eigenvalue weighted by Crippen LogP contribution is -2.53. The van der Waals surface area contributed by atoms with Crippen LogP contribution >= 0.6 is 0 Å². The van der Waals surface area contributed by atoms with E-state index in [-0.39, 0.29) is 17.0 Å². The molecular formula is C21H22N4O3. The van der Waals surface area contributed by atoms with E-state index in [1.165, 1.54) is 12.8 Å². The maximum absolute atomic E-state index is 12.7. The van der Waals surface area contributed by atoms with E-state index in [1.807, 2.05) is 0 Å². The number of nitrogens with one attached hydrogen (secondary N) is 1. The number of aromatic amines is 1. The van der Waals surface area contributed by atoms with Crippen molar-refractivity contribution >= 4 is 22.5 Å². The molecule has 1 aromatic heterocycles. The summed E-state index contributed by atoms with van der Waals surface area (Å²) < 4.78 is 0. The molecule has 1 amide bonds. The van der Waals surface area contributed by atoms with Crippen LogP contribution < -0.4 is 10.5 Å². The number of amides is 1. The highest BCUT2D eigenvalue weighted by atomic mass is 16.3. The summed E-state index contributed by atoms with van der Waals surface area (Å²) in [6.45, 7) is 2.33. The van der Waals surface area contributed by atoms with Gasteiger partial charge in [-0.1, -0.05) is 0 Å². The zero-order valence-corrected chi connectivity index (χ0v) is 15.6. The highest BCUT2D eigenvalue weighted by molar-refractivity contribution is 6.02. The number of pyridine rings is 1. The molecular weight excluding hydrogens is 356 g/mol. The summed E-state index contributed by atoms with van der Waals surface area (Å²) in [5.41, 5.74) is 2.00. The Labute approximate surface area is 162 Å². The van der Waals surface area contributed by atoms with Gasteiger partial charge in [-0.2, -0.15) is 5.26 Å². The maximum atomic E-state index is 12.7. The van der Waals surface area contributed by atoms with Crippen molar-refractivity contribution in [3.05, 3.63) is 39.7 Å². The number of aromatic nitrogens is 1. The first-order valence-corrected chi connectivity index (χ1v) is 9.82. The molecule has 1 aromatic carbocycles. The Morgan fingerprint density at radius 3 is 2.54 bits per heavy atom. The third-order valence-corrected chi connectivity index (χ3v) is 6.59. The van der Waals surface area contributed by atoms with Gasteiger partial charge in [-0.05, 0) is 49.3 Å². The molecule has 5 rings (SSSR count). The zero-order chi connectivity index (χ0) is 19.5. The minimum Gasteiger partial charge on any atom is -0.389 e. The van der Waals surface area contributed by atoms with Crippen molar-refractivity contribution in [1.29, 1.82) is 5.26 Å². The lowest BCUT2D eigenvalue weighted by atomic mass is 9.92. The first-order valence-electron chi connectivity index (χ1n) is 9.82. The Morgan fingerprint density at radius 2 is 1.93 bits per heavy atom. The molecule has 0 atom stereocenters. The molecule has 1 aliphatic carbocycles. The number of rotatable bonds is 2. The zero-order valence-electron chi connectivity index (χ0n) is 15.6. The second kappa shape index (κ2) is 6.08. The number of likely N-dealkylation sites (tertiary alicyclic amines) is 1. The average molecular weight is 378 g/mol. The van der Waals surface area contributed by atoms with Crippen LogP contribution in [0.4, 0.5) is 5.69 Å². The number of hydrogen-bond donors (Lipinski definition) is 2. The number of aliphatic hydroxyl groups is 1. The van der Waals surface area contributed by atoms with Gasteiger partial charge in [0.1, 0.15) is 11.6 Å². The number of fused-ring (bicyclic) bond motifs is 1. The molecule has 2 saturated heterocycles. The number of carbonyl (C=O) groups excluding carboxylic acids is 1.